The lowest BCUT2D eigenvalue weighted by Gasteiger charge is -2.13. The molecule has 2 rings (SSSR count). The van der Waals surface area contributed by atoms with Crippen LogP contribution >= 0.6 is 0 Å². The van der Waals surface area contributed by atoms with Crippen molar-refractivity contribution in [1.82, 2.24) is 14.5 Å². The van der Waals surface area contributed by atoms with Gasteiger partial charge in [-0.2, -0.15) is 5.26 Å². The third-order valence-electron chi connectivity index (χ3n) is 3.35. The maximum Gasteiger partial charge on any atom is 0.317 e. The average molecular weight is 286 g/mol. The number of fused-ring (bicyclic) bond motifs is 1. The van der Waals surface area contributed by atoms with Gasteiger partial charge in [-0.15, -0.1) is 0 Å². The monoisotopic (exact) mass is 286 g/mol. The van der Waals surface area contributed by atoms with E-state index in [-0.39, 0.29) is 13.1 Å². The van der Waals surface area contributed by atoms with Crippen LogP contribution in [-0.4, -0.2) is 39.1 Å². The van der Waals surface area contributed by atoms with Crippen LogP contribution < -0.4 is 0 Å². The molecule has 21 heavy (non-hydrogen) atoms. The van der Waals surface area contributed by atoms with Crippen molar-refractivity contribution in [1.29, 1.82) is 5.26 Å². The molecular formula is C15H18N4O2. The first-order valence-electron chi connectivity index (χ1n) is 6.80. The third kappa shape index (κ3) is 3.38. The molecular weight excluding hydrogens is 268 g/mol. The summed E-state index contributed by atoms with van der Waals surface area (Å²) in [6.07, 6.45) is 0.926. The van der Waals surface area contributed by atoms with Crippen LogP contribution in [0, 0.1) is 11.3 Å². The second-order valence-corrected chi connectivity index (χ2v) is 5.01. The van der Waals surface area contributed by atoms with E-state index in [2.05, 4.69) is 18.0 Å². The Balaban J connectivity index is 2.39. The van der Waals surface area contributed by atoms with E-state index in [9.17, 15) is 4.79 Å². The van der Waals surface area contributed by atoms with Crippen molar-refractivity contribution in [3.63, 3.8) is 0 Å². The molecule has 0 saturated heterocycles. The molecule has 0 aliphatic heterocycles. The maximum absolute atomic E-state index is 10.7. The van der Waals surface area contributed by atoms with Crippen LogP contribution in [0.4, 0.5) is 0 Å². The van der Waals surface area contributed by atoms with Crippen molar-refractivity contribution < 1.29 is 9.90 Å². The number of aromatic nitrogens is 2. The highest BCUT2D eigenvalue weighted by Crippen LogP contribution is 2.19. The zero-order valence-corrected chi connectivity index (χ0v) is 12.2. The number of aliphatic carboxylic acids is 1. The molecule has 0 radical (unpaired) electrons. The molecule has 0 atom stereocenters. The molecule has 1 heterocycles. The Morgan fingerprint density at radius 3 is 2.90 bits per heavy atom. The third-order valence-corrected chi connectivity index (χ3v) is 3.35. The number of nitriles is 1. The van der Waals surface area contributed by atoms with Crippen LogP contribution in [0.25, 0.3) is 11.0 Å². The van der Waals surface area contributed by atoms with Crippen LogP contribution in [0.1, 0.15) is 18.3 Å². The molecule has 0 saturated carbocycles. The molecule has 0 fully saturated rings. The summed E-state index contributed by atoms with van der Waals surface area (Å²) in [5, 5.41) is 17.8. The van der Waals surface area contributed by atoms with Crippen molar-refractivity contribution >= 4 is 17.0 Å². The number of aryl methyl sites for hydroxylation is 1. The van der Waals surface area contributed by atoms with Gasteiger partial charge in [0.15, 0.2) is 0 Å². The normalized spacial score (nSPS) is 11.0. The number of carboxylic acids is 1. The van der Waals surface area contributed by atoms with Gasteiger partial charge in [0.2, 0.25) is 0 Å². The van der Waals surface area contributed by atoms with Gasteiger partial charge in [-0.3, -0.25) is 9.69 Å². The Morgan fingerprint density at radius 1 is 1.52 bits per heavy atom. The highest BCUT2D eigenvalue weighted by molar-refractivity contribution is 5.77. The van der Waals surface area contributed by atoms with Gasteiger partial charge in [0.25, 0.3) is 0 Å². The highest BCUT2D eigenvalue weighted by Gasteiger charge is 2.14. The largest absolute Gasteiger partial charge is 0.480 e. The lowest BCUT2D eigenvalue weighted by Crippen LogP contribution is -2.26. The van der Waals surface area contributed by atoms with Crippen LogP contribution in [0.2, 0.25) is 0 Å². The van der Waals surface area contributed by atoms with Crippen LogP contribution in [0.5, 0.6) is 0 Å². The van der Waals surface area contributed by atoms with Crippen molar-refractivity contribution in [2.45, 2.75) is 26.4 Å². The smallest absolute Gasteiger partial charge is 0.317 e. The maximum atomic E-state index is 10.7. The Labute approximate surface area is 123 Å². The molecule has 0 amide bonds. The number of hydrogen-bond donors (Lipinski definition) is 1. The summed E-state index contributed by atoms with van der Waals surface area (Å²) in [6.45, 7) is 2.62. The Hall–Kier alpha value is -2.39. The number of carboxylic acid groups (broad SMARTS) is 1. The number of benzene rings is 1. The first kappa shape index (κ1) is 15.0. The molecule has 0 aliphatic rings. The fourth-order valence-corrected chi connectivity index (χ4v) is 2.34. The lowest BCUT2D eigenvalue weighted by molar-refractivity contribution is -0.138. The van der Waals surface area contributed by atoms with Crippen LogP contribution in [-0.2, 0) is 24.3 Å². The minimum atomic E-state index is -0.881. The highest BCUT2D eigenvalue weighted by atomic mass is 16.4. The van der Waals surface area contributed by atoms with Gasteiger partial charge >= 0.3 is 5.97 Å². The van der Waals surface area contributed by atoms with E-state index in [1.165, 1.54) is 5.56 Å². The molecule has 1 aromatic carbocycles. The molecule has 6 nitrogen and oxygen atoms in total. The summed E-state index contributed by atoms with van der Waals surface area (Å²) < 4.78 is 1.84. The predicted octanol–water partition coefficient (Wildman–Crippen LogP) is 1.64. The molecule has 0 bridgehead atoms. The molecule has 0 aliphatic carbocycles. The van der Waals surface area contributed by atoms with E-state index < -0.39 is 5.97 Å². The minimum absolute atomic E-state index is 0.0596. The average Bonchev–Trinajstić information content (AvgIpc) is 2.75. The molecule has 2 aromatic rings. The summed E-state index contributed by atoms with van der Waals surface area (Å²) >= 11 is 0. The van der Waals surface area contributed by atoms with E-state index in [0.29, 0.717) is 12.4 Å². The van der Waals surface area contributed by atoms with Crippen LogP contribution in [0.3, 0.4) is 0 Å². The molecule has 1 N–H and O–H groups in total. The first-order valence-corrected chi connectivity index (χ1v) is 6.80. The van der Waals surface area contributed by atoms with Crippen molar-refractivity contribution in [2.75, 3.05) is 13.6 Å². The van der Waals surface area contributed by atoms with E-state index in [4.69, 9.17) is 10.4 Å². The molecule has 0 spiro atoms. The number of imidazole rings is 1. The number of rotatable bonds is 6. The SMILES string of the molecule is CCc1ccc2c(c1)nc(CN(C)CC(=O)O)n2CC#N. The van der Waals surface area contributed by atoms with E-state index in [1.54, 1.807) is 11.9 Å². The van der Waals surface area contributed by atoms with Gasteiger partial charge in [0.05, 0.1) is 30.2 Å². The van der Waals surface area contributed by atoms with Gasteiger partial charge in [-0.05, 0) is 31.2 Å². The lowest BCUT2D eigenvalue weighted by atomic mass is 10.1. The van der Waals surface area contributed by atoms with Gasteiger partial charge < -0.3 is 9.67 Å². The Bertz CT molecular complexity index is 699. The Morgan fingerprint density at radius 2 is 2.29 bits per heavy atom. The van der Waals surface area contributed by atoms with Gasteiger partial charge in [-0.1, -0.05) is 13.0 Å². The standard InChI is InChI=1S/C15H18N4O2/c1-3-11-4-5-13-12(8-11)17-14(19(13)7-6-16)9-18(2)10-15(20)21/h4-5,8H,3,7,9-10H2,1-2H3,(H,20,21). The molecule has 110 valence electrons. The summed E-state index contributed by atoms with van der Waals surface area (Å²) in [4.78, 5) is 17.0. The number of hydrogen-bond acceptors (Lipinski definition) is 4. The second kappa shape index (κ2) is 6.37. The fourth-order valence-electron chi connectivity index (χ4n) is 2.34. The number of carbonyl (C=O) groups is 1. The van der Waals surface area contributed by atoms with Crippen molar-refractivity contribution in [3.8, 4) is 6.07 Å². The second-order valence-electron chi connectivity index (χ2n) is 5.01. The van der Waals surface area contributed by atoms with E-state index in [0.717, 1.165) is 17.5 Å². The summed E-state index contributed by atoms with van der Waals surface area (Å²) in [7, 11) is 1.72. The first-order chi connectivity index (χ1) is 10.0. The summed E-state index contributed by atoms with van der Waals surface area (Å²) in [5.74, 6) is -0.169. The van der Waals surface area contributed by atoms with Crippen molar-refractivity contribution in [3.05, 3.63) is 29.6 Å². The van der Waals surface area contributed by atoms with Gasteiger partial charge in [0.1, 0.15) is 12.4 Å². The molecule has 6 heteroatoms. The Kier molecular flexibility index (Phi) is 4.55. The number of nitrogens with zero attached hydrogens (tertiary/aromatic N) is 4. The predicted molar refractivity (Wildman–Crippen MR) is 78.7 cm³/mol. The topological polar surface area (TPSA) is 82.2 Å². The van der Waals surface area contributed by atoms with E-state index in [1.807, 2.05) is 22.8 Å². The number of likely N-dealkylation sites (N-methyl/N-ethyl adjacent to an activating group) is 1. The molecule has 0 unspecified atom stereocenters. The molecule has 1 aromatic heterocycles. The zero-order valence-electron chi connectivity index (χ0n) is 12.2. The summed E-state index contributed by atoms with van der Waals surface area (Å²) in [5.41, 5.74) is 2.95. The fraction of sp³-hybridized carbons (Fsp3) is 0.400. The quantitative estimate of drug-likeness (QED) is 0.873. The summed E-state index contributed by atoms with van der Waals surface area (Å²) in [6, 6.07) is 8.15. The zero-order chi connectivity index (χ0) is 15.4. The van der Waals surface area contributed by atoms with Crippen molar-refractivity contribution in [2.24, 2.45) is 0 Å². The van der Waals surface area contributed by atoms with E-state index >= 15 is 0 Å². The van der Waals surface area contributed by atoms with Gasteiger partial charge in [-0.25, -0.2) is 4.98 Å². The minimum Gasteiger partial charge on any atom is -0.480 e. The van der Waals surface area contributed by atoms with Crippen LogP contribution in [0.15, 0.2) is 18.2 Å². The van der Waals surface area contributed by atoms with Gasteiger partial charge in [0, 0.05) is 0 Å².